The zero-order valence-electron chi connectivity index (χ0n) is 15.1. The number of nitrogens with one attached hydrogen (secondary N) is 2. The largest absolute Gasteiger partial charge is 0.310 e. The van der Waals surface area contributed by atoms with Crippen LogP contribution >= 0.6 is 11.8 Å². The van der Waals surface area contributed by atoms with Crippen LogP contribution in [-0.4, -0.2) is 36.6 Å². The molecular weight excluding hydrogens is 348 g/mol. The number of anilines is 1. The highest BCUT2D eigenvalue weighted by Crippen LogP contribution is 2.20. The molecule has 136 valence electrons. The molecule has 0 aliphatic heterocycles. The molecule has 0 saturated carbocycles. The van der Waals surface area contributed by atoms with Crippen molar-refractivity contribution in [3.8, 4) is 11.4 Å². The van der Waals surface area contributed by atoms with Crippen LogP contribution in [0.3, 0.4) is 0 Å². The van der Waals surface area contributed by atoms with Crippen LogP contribution in [0.4, 0.5) is 5.82 Å². The van der Waals surface area contributed by atoms with E-state index in [1.807, 2.05) is 26.0 Å². The number of benzene rings is 1. The van der Waals surface area contributed by atoms with E-state index in [0.717, 1.165) is 12.0 Å². The van der Waals surface area contributed by atoms with Gasteiger partial charge in [0.15, 0.2) is 5.82 Å². The van der Waals surface area contributed by atoms with E-state index in [1.54, 1.807) is 16.9 Å². The minimum Gasteiger partial charge on any atom is -0.310 e. The average molecular weight is 370 g/mol. The van der Waals surface area contributed by atoms with Crippen LogP contribution in [-0.2, 0) is 11.2 Å². The molecule has 0 aliphatic rings. The fourth-order valence-corrected chi connectivity index (χ4v) is 3.07. The summed E-state index contributed by atoms with van der Waals surface area (Å²) in [5.41, 5.74) is 2.26. The number of aromatic amines is 1. The lowest BCUT2D eigenvalue weighted by atomic mass is 10.1. The normalized spacial score (nSPS) is 11.1. The molecule has 0 spiro atoms. The maximum atomic E-state index is 12.2. The standard InChI is InChI=1S/C18H22N6OS/c1-4-13-5-7-14(8-6-13)17-21-18(23-22-17)26-11-16(25)20-15-9-10-19-24(15)12(2)3/h5-10,12H,4,11H2,1-3H3,(H,20,25)(H,21,22,23). The summed E-state index contributed by atoms with van der Waals surface area (Å²) in [6.07, 6.45) is 2.68. The SMILES string of the molecule is CCc1ccc(-c2nc(SCC(=O)Nc3ccnn3C(C)C)n[nH]2)cc1. The molecule has 0 aliphatic carbocycles. The number of aryl methyl sites for hydroxylation is 1. The van der Waals surface area contributed by atoms with E-state index in [2.05, 4.69) is 44.7 Å². The number of carbonyl (C=O) groups is 1. The molecule has 0 fully saturated rings. The predicted molar refractivity (Wildman–Crippen MR) is 103 cm³/mol. The summed E-state index contributed by atoms with van der Waals surface area (Å²) >= 11 is 1.29. The quantitative estimate of drug-likeness (QED) is 0.621. The summed E-state index contributed by atoms with van der Waals surface area (Å²) in [7, 11) is 0. The molecule has 7 nitrogen and oxygen atoms in total. The molecular formula is C18H22N6OS. The van der Waals surface area contributed by atoms with Gasteiger partial charge >= 0.3 is 0 Å². The molecule has 0 atom stereocenters. The first-order valence-electron chi connectivity index (χ1n) is 8.54. The minimum absolute atomic E-state index is 0.115. The summed E-state index contributed by atoms with van der Waals surface area (Å²) in [4.78, 5) is 16.6. The van der Waals surface area contributed by atoms with Gasteiger partial charge in [0.1, 0.15) is 5.82 Å². The second-order valence-electron chi connectivity index (χ2n) is 6.11. The smallest absolute Gasteiger partial charge is 0.235 e. The Hall–Kier alpha value is -2.61. The molecule has 2 N–H and O–H groups in total. The number of hydrogen-bond donors (Lipinski definition) is 2. The number of amides is 1. The number of carbonyl (C=O) groups excluding carboxylic acids is 1. The highest BCUT2D eigenvalue weighted by molar-refractivity contribution is 7.99. The monoisotopic (exact) mass is 370 g/mol. The van der Waals surface area contributed by atoms with Gasteiger partial charge < -0.3 is 5.32 Å². The summed E-state index contributed by atoms with van der Waals surface area (Å²) in [5.74, 6) is 1.51. The lowest BCUT2D eigenvalue weighted by Crippen LogP contribution is -2.18. The number of thioether (sulfide) groups is 1. The van der Waals surface area contributed by atoms with Gasteiger partial charge in [-0.1, -0.05) is 43.0 Å². The van der Waals surface area contributed by atoms with Crippen LogP contribution < -0.4 is 5.32 Å². The molecule has 0 radical (unpaired) electrons. The first kappa shape index (κ1) is 18.2. The molecule has 0 bridgehead atoms. The van der Waals surface area contributed by atoms with Crippen LogP contribution in [0.2, 0.25) is 0 Å². The molecule has 0 saturated heterocycles. The van der Waals surface area contributed by atoms with Gasteiger partial charge in [0, 0.05) is 17.7 Å². The van der Waals surface area contributed by atoms with Crippen molar-refractivity contribution in [3.05, 3.63) is 42.1 Å². The second-order valence-corrected chi connectivity index (χ2v) is 7.05. The van der Waals surface area contributed by atoms with Gasteiger partial charge in [0.05, 0.1) is 11.9 Å². The van der Waals surface area contributed by atoms with E-state index in [1.165, 1.54) is 17.3 Å². The van der Waals surface area contributed by atoms with E-state index in [-0.39, 0.29) is 17.7 Å². The lowest BCUT2D eigenvalue weighted by molar-refractivity contribution is -0.113. The Labute approximate surface area is 156 Å². The Morgan fingerprint density at radius 2 is 2.04 bits per heavy atom. The van der Waals surface area contributed by atoms with E-state index >= 15 is 0 Å². The Kier molecular flexibility index (Phi) is 5.72. The zero-order chi connectivity index (χ0) is 18.5. The highest BCUT2D eigenvalue weighted by atomic mass is 32.2. The van der Waals surface area contributed by atoms with Crippen molar-refractivity contribution in [3.63, 3.8) is 0 Å². The van der Waals surface area contributed by atoms with Gasteiger partial charge in [0.25, 0.3) is 0 Å². The number of H-pyrrole nitrogens is 1. The highest BCUT2D eigenvalue weighted by Gasteiger charge is 2.12. The van der Waals surface area contributed by atoms with Crippen molar-refractivity contribution in [1.82, 2.24) is 25.0 Å². The minimum atomic E-state index is -0.115. The van der Waals surface area contributed by atoms with Crippen molar-refractivity contribution >= 4 is 23.5 Å². The van der Waals surface area contributed by atoms with Gasteiger partial charge in [0.2, 0.25) is 11.1 Å². The van der Waals surface area contributed by atoms with Crippen LogP contribution in [0, 0.1) is 0 Å². The first-order valence-corrected chi connectivity index (χ1v) is 9.53. The molecule has 1 aromatic carbocycles. The number of nitrogens with zero attached hydrogens (tertiary/aromatic N) is 4. The fourth-order valence-electron chi connectivity index (χ4n) is 2.47. The van der Waals surface area contributed by atoms with Gasteiger partial charge in [-0.3, -0.25) is 9.89 Å². The molecule has 26 heavy (non-hydrogen) atoms. The maximum Gasteiger partial charge on any atom is 0.235 e. The molecule has 8 heteroatoms. The summed E-state index contributed by atoms with van der Waals surface area (Å²) in [5, 5.41) is 14.7. The van der Waals surface area contributed by atoms with Crippen molar-refractivity contribution in [2.75, 3.05) is 11.1 Å². The molecule has 3 aromatic rings. The molecule has 2 heterocycles. The third-order valence-electron chi connectivity index (χ3n) is 3.86. The van der Waals surface area contributed by atoms with E-state index in [0.29, 0.717) is 16.8 Å². The van der Waals surface area contributed by atoms with E-state index in [4.69, 9.17) is 0 Å². The Morgan fingerprint density at radius 3 is 2.73 bits per heavy atom. The van der Waals surface area contributed by atoms with Gasteiger partial charge in [-0.05, 0) is 25.8 Å². The lowest BCUT2D eigenvalue weighted by Gasteiger charge is -2.11. The van der Waals surface area contributed by atoms with Crippen LogP contribution in [0.15, 0.2) is 41.7 Å². The van der Waals surface area contributed by atoms with Gasteiger partial charge in [-0.25, -0.2) is 9.67 Å². The molecule has 2 aromatic heterocycles. The van der Waals surface area contributed by atoms with Crippen molar-refractivity contribution in [1.29, 1.82) is 0 Å². The third-order valence-corrected chi connectivity index (χ3v) is 4.71. The summed E-state index contributed by atoms with van der Waals surface area (Å²) < 4.78 is 1.77. The molecule has 0 unspecified atom stereocenters. The molecule has 3 rings (SSSR count). The second kappa shape index (κ2) is 8.18. The van der Waals surface area contributed by atoms with Gasteiger partial charge in [-0.15, -0.1) is 5.10 Å². The van der Waals surface area contributed by atoms with E-state index in [9.17, 15) is 4.79 Å². The Bertz CT molecular complexity index is 868. The van der Waals surface area contributed by atoms with Crippen LogP contribution in [0.1, 0.15) is 32.4 Å². The van der Waals surface area contributed by atoms with Crippen LogP contribution in [0.5, 0.6) is 0 Å². The topological polar surface area (TPSA) is 88.5 Å². The zero-order valence-corrected chi connectivity index (χ0v) is 15.9. The summed E-state index contributed by atoms with van der Waals surface area (Å²) in [6.45, 7) is 6.15. The van der Waals surface area contributed by atoms with Crippen LogP contribution in [0.25, 0.3) is 11.4 Å². The maximum absolute atomic E-state index is 12.2. The Balaban J connectivity index is 1.57. The summed E-state index contributed by atoms with van der Waals surface area (Å²) in [6, 6.07) is 10.2. The van der Waals surface area contributed by atoms with Crippen molar-refractivity contribution in [2.45, 2.75) is 38.4 Å². The number of aromatic nitrogens is 5. The average Bonchev–Trinajstić information content (AvgIpc) is 3.29. The van der Waals surface area contributed by atoms with Gasteiger partial charge in [-0.2, -0.15) is 5.10 Å². The molecule has 1 amide bonds. The van der Waals surface area contributed by atoms with Crippen molar-refractivity contribution in [2.24, 2.45) is 0 Å². The first-order chi connectivity index (χ1) is 12.6. The van der Waals surface area contributed by atoms with E-state index < -0.39 is 0 Å². The van der Waals surface area contributed by atoms with Crippen molar-refractivity contribution < 1.29 is 4.79 Å². The Morgan fingerprint density at radius 1 is 1.27 bits per heavy atom. The fraction of sp³-hybridized carbons (Fsp3) is 0.333. The third kappa shape index (κ3) is 4.32. The number of rotatable bonds is 7. The predicted octanol–water partition coefficient (Wildman–Crippen LogP) is 3.54. The number of hydrogen-bond acceptors (Lipinski definition) is 5.